The van der Waals surface area contributed by atoms with E-state index in [1.54, 1.807) is 0 Å². The molecule has 1 aliphatic heterocycles. The predicted molar refractivity (Wildman–Crippen MR) is 64.9 cm³/mol. The number of carbonyl (C=O) groups excluding carboxylic acids is 1. The van der Waals surface area contributed by atoms with Gasteiger partial charge in [0.15, 0.2) is 0 Å². The van der Waals surface area contributed by atoms with Crippen molar-refractivity contribution in [2.75, 3.05) is 6.54 Å². The van der Waals surface area contributed by atoms with Gasteiger partial charge in [-0.05, 0) is 31.7 Å². The van der Waals surface area contributed by atoms with Gasteiger partial charge in [0.2, 0.25) is 0 Å². The Bertz CT molecular complexity index is 406. The fourth-order valence-corrected chi connectivity index (χ4v) is 2.40. The molecule has 1 aromatic rings. The third-order valence-corrected chi connectivity index (χ3v) is 3.33. The summed E-state index contributed by atoms with van der Waals surface area (Å²) in [4.78, 5) is 18.1. The fourth-order valence-electron chi connectivity index (χ4n) is 2.40. The van der Waals surface area contributed by atoms with Crippen LogP contribution in [-0.4, -0.2) is 33.5 Å². The van der Waals surface area contributed by atoms with Crippen LogP contribution < -0.4 is 0 Å². The summed E-state index contributed by atoms with van der Waals surface area (Å²) in [5.41, 5.74) is 0.477. The highest BCUT2D eigenvalue weighted by Gasteiger charge is 2.26. The molecule has 0 bridgehead atoms. The van der Waals surface area contributed by atoms with E-state index in [1.165, 1.54) is 24.9 Å². The van der Waals surface area contributed by atoms with Gasteiger partial charge >= 0.3 is 0 Å². The average Bonchev–Trinajstić information content (AvgIpc) is 2.38. The molecule has 4 heteroatoms. The van der Waals surface area contributed by atoms with Crippen molar-refractivity contribution < 1.29 is 9.90 Å². The van der Waals surface area contributed by atoms with Crippen molar-refractivity contribution in [3.8, 4) is 5.75 Å². The van der Waals surface area contributed by atoms with Crippen molar-refractivity contribution in [3.63, 3.8) is 0 Å². The maximum Gasteiger partial charge on any atom is 0.255 e. The van der Waals surface area contributed by atoms with E-state index in [0.29, 0.717) is 11.6 Å². The average molecular weight is 234 g/mol. The summed E-state index contributed by atoms with van der Waals surface area (Å²) in [6.07, 6.45) is 7.18. The zero-order valence-corrected chi connectivity index (χ0v) is 10.1. The van der Waals surface area contributed by atoms with Gasteiger partial charge in [0.05, 0.1) is 11.8 Å². The number of rotatable bonds is 2. The lowest BCUT2D eigenvalue weighted by molar-refractivity contribution is 0.0607. The largest absolute Gasteiger partial charge is 0.506 e. The number of likely N-dealkylation sites (tertiary alicyclic amines) is 1. The monoisotopic (exact) mass is 234 g/mol. The zero-order valence-electron chi connectivity index (χ0n) is 10.1. The normalized spacial score (nSPS) is 20.3. The topological polar surface area (TPSA) is 53.4 Å². The third-order valence-electron chi connectivity index (χ3n) is 3.33. The Morgan fingerprint density at radius 3 is 3.06 bits per heavy atom. The van der Waals surface area contributed by atoms with Gasteiger partial charge < -0.3 is 10.0 Å². The standard InChI is InChI=1S/C13H18N2O2/c1-2-11-5-3-4-6-15(11)13(17)10-7-12(16)9-14-8-10/h7-9,11,16H,2-6H2,1H3. The Labute approximate surface area is 101 Å². The van der Waals surface area contributed by atoms with E-state index in [-0.39, 0.29) is 11.7 Å². The van der Waals surface area contributed by atoms with Gasteiger partial charge in [0, 0.05) is 18.8 Å². The summed E-state index contributed by atoms with van der Waals surface area (Å²) in [7, 11) is 0. The van der Waals surface area contributed by atoms with Crippen LogP contribution >= 0.6 is 0 Å². The van der Waals surface area contributed by atoms with E-state index in [1.807, 2.05) is 4.90 Å². The second kappa shape index (κ2) is 5.17. The molecule has 0 aliphatic carbocycles. The molecule has 2 rings (SSSR count). The van der Waals surface area contributed by atoms with Gasteiger partial charge in [-0.2, -0.15) is 0 Å². The van der Waals surface area contributed by atoms with Gasteiger partial charge in [-0.15, -0.1) is 0 Å². The molecule has 1 N–H and O–H groups in total. The maximum atomic E-state index is 12.3. The van der Waals surface area contributed by atoms with Gasteiger partial charge in [0.1, 0.15) is 5.75 Å². The van der Waals surface area contributed by atoms with Crippen molar-refractivity contribution in [2.24, 2.45) is 0 Å². The summed E-state index contributed by atoms with van der Waals surface area (Å²) in [5.74, 6) is 0.0286. The summed E-state index contributed by atoms with van der Waals surface area (Å²) in [6.45, 7) is 2.92. The number of hydrogen-bond acceptors (Lipinski definition) is 3. The molecule has 1 amide bonds. The Kier molecular flexibility index (Phi) is 3.61. The number of carbonyl (C=O) groups is 1. The van der Waals surface area contributed by atoms with Crippen LogP contribution in [0, 0.1) is 0 Å². The number of pyridine rings is 1. The molecule has 2 heterocycles. The molecule has 0 radical (unpaired) electrons. The van der Waals surface area contributed by atoms with E-state index in [2.05, 4.69) is 11.9 Å². The van der Waals surface area contributed by atoms with E-state index in [4.69, 9.17) is 0 Å². The number of nitrogens with zero attached hydrogens (tertiary/aromatic N) is 2. The summed E-state index contributed by atoms with van der Waals surface area (Å²) < 4.78 is 0. The zero-order chi connectivity index (χ0) is 12.3. The van der Waals surface area contributed by atoms with Crippen molar-refractivity contribution >= 4 is 5.91 Å². The first kappa shape index (κ1) is 11.9. The second-order valence-electron chi connectivity index (χ2n) is 4.49. The minimum absolute atomic E-state index is 0.0139. The maximum absolute atomic E-state index is 12.3. The van der Waals surface area contributed by atoms with Crippen LogP contribution in [0.5, 0.6) is 5.75 Å². The molecule has 0 aromatic carbocycles. The first-order chi connectivity index (χ1) is 8.22. The van der Waals surface area contributed by atoms with E-state index in [0.717, 1.165) is 25.8 Å². The second-order valence-corrected chi connectivity index (χ2v) is 4.49. The number of amides is 1. The van der Waals surface area contributed by atoms with E-state index in [9.17, 15) is 9.90 Å². The molecule has 1 aromatic heterocycles. The fraction of sp³-hybridized carbons (Fsp3) is 0.538. The van der Waals surface area contributed by atoms with Crippen LogP contribution in [0.4, 0.5) is 0 Å². The lowest BCUT2D eigenvalue weighted by atomic mass is 9.99. The SMILES string of the molecule is CCC1CCCCN1C(=O)c1cncc(O)c1. The molecule has 0 saturated carbocycles. The minimum Gasteiger partial charge on any atom is -0.506 e. The molecular weight excluding hydrogens is 216 g/mol. The molecule has 1 atom stereocenters. The lowest BCUT2D eigenvalue weighted by Crippen LogP contribution is -2.43. The summed E-state index contributed by atoms with van der Waals surface area (Å²) in [5, 5.41) is 9.35. The van der Waals surface area contributed by atoms with Crippen LogP contribution in [-0.2, 0) is 0 Å². The molecule has 92 valence electrons. The number of piperidine rings is 1. The van der Waals surface area contributed by atoms with Gasteiger partial charge in [-0.25, -0.2) is 0 Å². The molecule has 4 nitrogen and oxygen atoms in total. The predicted octanol–water partition coefficient (Wildman–Crippen LogP) is 2.19. The number of aromatic nitrogens is 1. The highest BCUT2D eigenvalue weighted by Crippen LogP contribution is 2.22. The molecule has 17 heavy (non-hydrogen) atoms. The number of hydrogen-bond donors (Lipinski definition) is 1. The summed E-state index contributed by atoms with van der Waals surface area (Å²) >= 11 is 0. The van der Waals surface area contributed by atoms with Crippen LogP contribution in [0.25, 0.3) is 0 Å². The van der Waals surface area contributed by atoms with Crippen molar-refractivity contribution in [1.82, 2.24) is 9.88 Å². The number of aromatic hydroxyl groups is 1. The summed E-state index contributed by atoms with van der Waals surface area (Å²) in [6, 6.07) is 1.81. The van der Waals surface area contributed by atoms with Crippen LogP contribution in [0.1, 0.15) is 43.0 Å². The highest BCUT2D eigenvalue weighted by atomic mass is 16.3. The van der Waals surface area contributed by atoms with Gasteiger partial charge in [-0.1, -0.05) is 6.92 Å². The Morgan fingerprint density at radius 2 is 2.35 bits per heavy atom. The molecule has 1 aliphatic rings. The molecule has 1 fully saturated rings. The Morgan fingerprint density at radius 1 is 1.53 bits per heavy atom. The Hall–Kier alpha value is -1.58. The van der Waals surface area contributed by atoms with Crippen LogP contribution in [0.15, 0.2) is 18.5 Å². The van der Waals surface area contributed by atoms with Crippen molar-refractivity contribution in [2.45, 2.75) is 38.6 Å². The molecule has 1 saturated heterocycles. The van der Waals surface area contributed by atoms with Gasteiger partial charge in [-0.3, -0.25) is 9.78 Å². The van der Waals surface area contributed by atoms with Gasteiger partial charge in [0.25, 0.3) is 5.91 Å². The first-order valence-corrected chi connectivity index (χ1v) is 6.17. The third kappa shape index (κ3) is 2.57. The van der Waals surface area contributed by atoms with Crippen molar-refractivity contribution in [3.05, 3.63) is 24.0 Å². The first-order valence-electron chi connectivity index (χ1n) is 6.17. The lowest BCUT2D eigenvalue weighted by Gasteiger charge is -2.35. The van der Waals surface area contributed by atoms with Crippen LogP contribution in [0.3, 0.4) is 0 Å². The minimum atomic E-state index is -0.0139. The molecular formula is C13H18N2O2. The molecule has 1 unspecified atom stereocenters. The highest BCUT2D eigenvalue weighted by molar-refractivity contribution is 5.94. The van der Waals surface area contributed by atoms with Crippen molar-refractivity contribution in [1.29, 1.82) is 0 Å². The Balaban J connectivity index is 2.18. The molecule has 0 spiro atoms. The quantitative estimate of drug-likeness (QED) is 0.853. The van der Waals surface area contributed by atoms with E-state index >= 15 is 0 Å². The smallest absolute Gasteiger partial charge is 0.255 e. The van der Waals surface area contributed by atoms with E-state index < -0.39 is 0 Å². The van der Waals surface area contributed by atoms with Crippen LogP contribution in [0.2, 0.25) is 0 Å².